The van der Waals surface area contributed by atoms with E-state index in [4.69, 9.17) is 16.3 Å². The normalized spacial score (nSPS) is 16.7. The summed E-state index contributed by atoms with van der Waals surface area (Å²) in [5.74, 6) is 1.05. The smallest absolute Gasteiger partial charge is 0.223 e. The quantitative estimate of drug-likeness (QED) is 0.798. The average molecular weight is 387 g/mol. The zero-order valence-electron chi connectivity index (χ0n) is 16.0. The number of ether oxygens (including phenoxy) is 1. The number of hydrogen-bond donors (Lipinski definition) is 1. The molecule has 0 aromatic heterocycles. The van der Waals surface area contributed by atoms with Crippen LogP contribution in [-0.2, 0) is 11.3 Å². The van der Waals surface area contributed by atoms with Gasteiger partial charge in [0.15, 0.2) is 0 Å². The molecule has 1 atom stereocenters. The fourth-order valence-electron chi connectivity index (χ4n) is 3.53. The zero-order valence-corrected chi connectivity index (χ0v) is 16.7. The van der Waals surface area contributed by atoms with Gasteiger partial charge in [-0.2, -0.15) is 0 Å². The third kappa shape index (κ3) is 5.24. The van der Waals surface area contributed by atoms with E-state index < -0.39 is 0 Å². The lowest BCUT2D eigenvalue weighted by atomic mass is 9.95. The van der Waals surface area contributed by atoms with Crippen LogP contribution in [0.15, 0.2) is 48.5 Å². The molecule has 1 aliphatic heterocycles. The molecule has 0 saturated carbocycles. The van der Waals surface area contributed by atoms with Gasteiger partial charge in [-0.1, -0.05) is 41.9 Å². The summed E-state index contributed by atoms with van der Waals surface area (Å²) >= 11 is 6.26. The number of likely N-dealkylation sites (tertiary alicyclic amines) is 1. The number of benzene rings is 2. The number of amides is 1. The Labute approximate surface area is 166 Å². The number of nitrogens with zero attached hydrogens (tertiary/aromatic N) is 1. The molecule has 144 valence electrons. The highest BCUT2D eigenvalue weighted by Gasteiger charge is 2.26. The molecule has 0 radical (unpaired) electrons. The van der Waals surface area contributed by atoms with Crippen LogP contribution in [0.4, 0.5) is 0 Å². The molecule has 0 unspecified atom stereocenters. The lowest BCUT2D eigenvalue weighted by Crippen LogP contribution is -2.40. The van der Waals surface area contributed by atoms with Gasteiger partial charge in [-0.25, -0.2) is 0 Å². The monoisotopic (exact) mass is 386 g/mol. The number of halogens is 1. The molecule has 27 heavy (non-hydrogen) atoms. The summed E-state index contributed by atoms with van der Waals surface area (Å²) in [7, 11) is 1.65. The second kappa shape index (κ2) is 9.25. The van der Waals surface area contributed by atoms with Crippen molar-refractivity contribution in [3.05, 3.63) is 64.7 Å². The standard InChI is InChI=1S/C22H27ClN2O2/c1-16(17-7-9-20(27-2)10-8-17)24-22(26)18-11-13-25(14-12-18)15-19-5-3-4-6-21(19)23/h3-10,16,18H,11-15H2,1-2H3,(H,24,26)/t16-/m1/s1. The highest BCUT2D eigenvalue weighted by molar-refractivity contribution is 6.31. The van der Waals surface area contributed by atoms with Gasteiger partial charge < -0.3 is 10.1 Å². The van der Waals surface area contributed by atoms with Gasteiger partial charge in [-0.3, -0.25) is 9.69 Å². The summed E-state index contributed by atoms with van der Waals surface area (Å²) in [6, 6.07) is 15.8. The van der Waals surface area contributed by atoms with Crippen LogP contribution in [0.1, 0.15) is 36.9 Å². The topological polar surface area (TPSA) is 41.6 Å². The van der Waals surface area contributed by atoms with Crippen molar-refractivity contribution in [1.82, 2.24) is 10.2 Å². The Balaban J connectivity index is 1.48. The molecule has 5 heteroatoms. The molecule has 2 aromatic carbocycles. The van der Waals surface area contributed by atoms with Crippen LogP contribution in [0.2, 0.25) is 5.02 Å². The highest BCUT2D eigenvalue weighted by atomic mass is 35.5. The highest BCUT2D eigenvalue weighted by Crippen LogP contribution is 2.24. The Morgan fingerprint density at radius 2 is 1.85 bits per heavy atom. The van der Waals surface area contributed by atoms with Gasteiger partial charge >= 0.3 is 0 Å². The van der Waals surface area contributed by atoms with Gasteiger partial charge in [0.25, 0.3) is 0 Å². The summed E-state index contributed by atoms with van der Waals surface area (Å²) < 4.78 is 5.18. The third-order valence-electron chi connectivity index (χ3n) is 5.28. The number of piperidine rings is 1. The molecule has 2 aromatic rings. The first kappa shape index (κ1) is 19.7. The Morgan fingerprint density at radius 3 is 2.48 bits per heavy atom. The second-order valence-electron chi connectivity index (χ2n) is 7.15. The summed E-state index contributed by atoms with van der Waals surface area (Å²) in [6.07, 6.45) is 1.76. The summed E-state index contributed by atoms with van der Waals surface area (Å²) in [4.78, 5) is 15.0. The van der Waals surface area contributed by atoms with Crippen LogP contribution in [0, 0.1) is 5.92 Å². The fraction of sp³-hybridized carbons (Fsp3) is 0.409. The van der Waals surface area contributed by atoms with E-state index >= 15 is 0 Å². The number of carbonyl (C=O) groups is 1. The van der Waals surface area contributed by atoms with Crippen molar-refractivity contribution in [2.45, 2.75) is 32.4 Å². The summed E-state index contributed by atoms with van der Waals surface area (Å²) in [5.41, 5.74) is 2.23. The third-order valence-corrected chi connectivity index (χ3v) is 5.65. The Bertz CT molecular complexity index is 755. The van der Waals surface area contributed by atoms with Crippen molar-refractivity contribution in [1.29, 1.82) is 0 Å². The molecule has 1 heterocycles. The van der Waals surface area contributed by atoms with E-state index in [1.165, 1.54) is 0 Å². The summed E-state index contributed by atoms with van der Waals surface area (Å²) in [6.45, 7) is 4.70. The van der Waals surface area contributed by atoms with Crippen molar-refractivity contribution >= 4 is 17.5 Å². The van der Waals surface area contributed by atoms with E-state index in [9.17, 15) is 4.79 Å². The van der Waals surface area contributed by atoms with E-state index in [2.05, 4.69) is 16.3 Å². The molecule has 3 rings (SSSR count). The lowest BCUT2D eigenvalue weighted by Gasteiger charge is -2.32. The van der Waals surface area contributed by atoms with Gasteiger partial charge in [-0.15, -0.1) is 0 Å². The van der Waals surface area contributed by atoms with Crippen molar-refractivity contribution in [2.75, 3.05) is 20.2 Å². The van der Waals surface area contributed by atoms with Gasteiger partial charge in [0.2, 0.25) is 5.91 Å². The molecule has 0 spiro atoms. The van der Waals surface area contributed by atoms with Crippen molar-refractivity contribution < 1.29 is 9.53 Å². The lowest BCUT2D eigenvalue weighted by molar-refractivity contribution is -0.127. The Kier molecular flexibility index (Phi) is 6.75. The van der Waals surface area contributed by atoms with E-state index in [1.807, 2.05) is 49.4 Å². The van der Waals surface area contributed by atoms with E-state index in [-0.39, 0.29) is 17.9 Å². The number of hydrogen-bond acceptors (Lipinski definition) is 3. The largest absolute Gasteiger partial charge is 0.497 e. The molecule has 0 aliphatic carbocycles. The second-order valence-corrected chi connectivity index (χ2v) is 7.55. The van der Waals surface area contributed by atoms with Crippen LogP contribution in [-0.4, -0.2) is 31.0 Å². The van der Waals surface area contributed by atoms with Crippen LogP contribution < -0.4 is 10.1 Å². The zero-order chi connectivity index (χ0) is 19.2. The van der Waals surface area contributed by atoms with Crippen molar-refractivity contribution in [3.8, 4) is 5.75 Å². The Hall–Kier alpha value is -2.04. The number of carbonyl (C=O) groups excluding carboxylic acids is 1. The number of methoxy groups -OCH3 is 1. The molecule has 1 fully saturated rings. The molecule has 1 saturated heterocycles. The minimum Gasteiger partial charge on any atom is -0.497 e. The molecular formula is C22H27ClN2O2. The number of nitrogens with one attached hydrogen (secondary N) is 1. The van der Waals surface area contributed by atoms with Gasteiger partial charge in [0.05, 0.1) is 13.2 Å². The maximum Gasteiger partial charge on any atom is 0.223 e. The van der Waals surface area contributed by atoms with Crippen molar-refractivity contribution in [2.24, 2.45) is 5.92 Å². The first-order valence-electron chi connectivity index (χ1n) is 9.47. The molecular weight excluding hydrogens is 360 g/mol. The van der Waals surface area contributed by atoms with Crippen LogP contribution in [0.3, 0.4) is 0 Å². The molecule has 4 nitrogen and oxygen atoms in total. The molecule has 1 N–H and O–H groups in total. The van der Waals surface area contributed by atoms with Crippen LogP contribution >= 0.6 is 11.6 Å². The first-order valence-corrected chi connectivity index (χ1v) is 9.84. The minimum absolute atomic E-state index is 0.00967. The average Bonchev–Trinajstić information content (AvgIpc) is 2.70. The van der Waals surface area contributed by atoms with Gasteiger partial charge in [-0.05, 0) is 62.2 Å². The summed E-state index contributed by atoms with van der Waals surface area (Å²) in [5, 5.41) is 3.97. The van der Waals surface area contributed by atoms with Crippen LogP contribution in [0.25, 0.3) is 0 Å². The van der Waals surface area contributed by atoms with Gasteiger partial charge in [0, 0.05) is 17.5 Å². The van der Waals surface area contributed by atoms with Gasteiger partial charge in [0.1, 0.15) is 5.75 Å². The van der Waals surface area contributed by atoms with E-state index in [0.717, 1.165) is 54.4 Å². The Morgan fingerprint density at radius 1 is 1.19 bits per heavy atom. The predicted octanol–water partition coefficient (Wildman–Crippen LogP) is 4.44. The first-order chi connectivity index (χ1) is 13.1. The minimum atomic E-state index is -0.00967. The predicted molar refractivity (Wildman–Crippen MR) is 109 cm³/mol. The SMILES string of the molecule is COc1ccc([C@@H](C)NC(=O)C2CCN(Cc3ccccc3Cl)CC2)cc1. The molecule has 0 bridgehead atoms. The molecule has 1 aliphatic rings. The molecule has 1 amide bonds. The number of rotatable bonds is 6. The van der Waals surface area contributed by atoms with Crippen molar-refractivity contribution in [3.63, 3.8) is 0 Å². The van der Waals surface area contributed by atoms with E-state index in [0.29, 0.717) is 0 Å². The fourth-order valence-corrected chi connectivity index (χ4v) is 3.72. The van der Waals surface area contributed by atoms with Crippen LogP contribution in [0.5, 0.6) is 5.75 Å². The van der Waals surface area contributed by atoms with E-state index in [1.54, 1.807) is 7.11 Å². The maximum absolute atomic E-state index is 12.6. The maximum atomic E-state index is 12.6.